The van der Waals surface area contributed by atoms with Crippen molar-refractivity contribution in [3.63, 3.8) is 0 Å². The highest BCUT2D eigenvalue weighted by Crippen LogP contribution is 2.43. The van der Waals surface area contributed by atoms with Crippen LogP contribution in [0.25, 0.3) is 0 Å². The minimum absolute atomic E-state index is 0.152. The number of carbonyl (C=O) groups excluding carboxylic acids is 3. The molecule has 0 aromatic carbocycles. The summed E-state index contributed by atoms with van der Waals surface area (Å²) < 4.78 is 0. The maximum Gasteiger partial charge on any atom is 0.325 e. The Morgan fingerprint density at radius 1 is 1.29 bits per heavy atom. The summed E-state index contributed by atoms with van der Waals surface area (Å²) in [7, 11) is 0. The molecule has 1 aromatic rings. The molecule has 1 saturated carbocycles. The number of fused-ring (bicyclic) bond motifs is 1. The van der Waals surface area contributed by atoms with Crippen LogP contribution in [-0.4, -0.2) is 46.3 Å². The zero-order valence-corrected chi connectivity index (χ0v) is 17.7. The Hall–Kier alpha value is -1.89. The van der Waals surface area contributed by atoms with E-state index >= 15 is 0 Å². The van der Waals surface area contributed by atoms with Gasteiger partial charge in [-0.25, -0.2) is 4.79 Å². The molecule has 6 nitrogen and oxygen atoms in total. The lowest BCUT2D eigenvalue weighted by Crippen LogP contribution is -2.51. The quantitative estimate of drug-likeness (QED) is 0.771. The van der Waals surface area contributed by atoms with Crippen molar-refractivity contribution in [3.8, 4) is 0 Å². The van der Waals surface area contributed by atoms with Gasteiger partial charge in [0.1, 0.15) is 12.1 Å². The summed E-state index contributed by atoms with van der Waals surface area (Å²) in [5, 5.41) is 4.98. The van der Waals surface area contributed by atoms with Crippen LogP contribution in [0, 0.1) is 11.3 Å². The van der Waals surface area contributed by atoms with E-state index in [2.05, 4.69) is 32.2 Å². The summed E-state index contributed by atoms with van der Waals surface area (Å²) >= 11 is 1.72. The molecule has 152 valence electrons. The Labute approximate surface area is 170 Å². The fourth-order valence-electron chi connectivity index (χ4n) is 4.83. The van der Waals surface area contributed by atoms with Crippen molar-refractivity contribution in [2.75, 3.05) is 13.1 Å². The molecule has 4 rings (SSSR count). The van der Waals surface area contributed by atoms with Crippen molar-refractivity contribution in [1.29, 1.82) is 0 Å². The standard InChI is InChI=1S/C21H29N3O3S/c1-20(2,3)15-4-8-21(9-5-15)18(26)24(19(27)22-21)13-17(25)23-10-6-16-14(12-23)7-11-28-16/h7,11,15H,4-6,8-10,12-13H2,1-3H3,(H,22,27). The lowest BCUT2D eigenvalue weighted by atomic mass is 9.67. The molecule has 1 saturated heterocycles. The van der Waals surface area contributed by atoms with E-state index in [0.717, 1.165) is 24.2 Å². The molecule has 0 radical (unpaired) electrons. The number of hydrogen-bond acceptors (Lipinski definition) is 4. The van der Waals surface area contributed by atoms with Crippen molar-refractivity contribution < 1.29 is 14.4 Å². The second kappa shape index (κ2) is 6.87. The highest BCUT2D eigenvalue weighted by molar-refractivity contribution is 7.10. The molecule has 1 aromatic heterocycles. The first kappa shape index (κ1) is 19.4. The Morgan fingerprint density at radius 3 is 2.68 bits per heavy atom. The van der Waals surface area contributed by atoms with Gasteiger partial charge in [-0.15, -0.1) is 11.3 Å². The van der Waals surface area contributed by atoms with Gasteiger partial charge in [0.15, 0.2) is 0 Å². The molecule has 4 amide bonds. The van der Waals surface area contributed by atoms with E-state index in [0.29, 0.717) is 31.8 Å². The van der Waals surface area contributed by atoms with E-state index in [1.54, 1.807) is 16.2 Å². The topological polar surface area (TPSA) is 69.7 Å². The summed E-state index contributed by atoms with van der Waals surface area (Å²) in [6.45, 7) is 7.75. The van der Waals surface area contributed by atoms with E-state index in [-0.39, 0.29) is 23.8 Å². The molecule has 1 aliphatic carbocycles. The van der Waals surface area contributed by atoms with E-state index in [4.69, 9.17) is 0 Å². The van der Waals surface area contributed by atoms with Crippen molar-refractivity contribution in [3.05, 3.63) is 21.9 Å². The largest absolute Gasteiger partial charge is 0.336 e. The number of hydrogen-bond donors (Lipinski definition) is 1. The Morgan fingerprint density at radius 2 is 2.00 bits per heavy atom. The van der Waals surface area contributed by atoms with E-state index < -0.39 is 11.6 Å². The van der Waals surface area contributed by atoms with Gasteiger partial charge in [-0.2, -0.15) is 0 Å². The molecule has 0 atom stereocenters. The van der Waals surface area contributed by atoms with Crippen LogP contribution in [0.2, 0.25) is 0 Å². The third-order valence-electron chi connectivity index (χ3n) is 6.76. The summed E-state index contributed by atoms with van der Waals surface area (Å²) in [5.41, 5.74) is 0.581. The van der Waals surface area contributed by atoms with Crippen molar-refractivity contribution >= 4 is 29.2 Å². The van der Waals surface area contributed by atoms with Gasteiger partial charge in [0, 0.05) is 18.0 Å². The fourth-order valence-corrected chi connectivity index (χ4v) is 5.72. The molecule has 2 aliphatic heterocycles. The van der Waals surface area contributed by atoms with Crippen LogP contribution in [-0.2, 0) is 22.6 Å². The van der Waals surface area contributed by atoms with Gasteiger partial charge in [0.25, 0.3) is 5.91 Å². The number of urea groups is 1. The SMILES string of the molecule is CC(C)(C)C1CCC2(CC1)NC(=O)N(CC(=O)N1CCc3sccc3C1)C2=O. The van der Waals surface area contributed by atoms with Crippen molar-refractivity contribution in [1.82, 2.24) is 15.1 Å². The fraction of sp³-hybridized carbons (Fsp3) is 0.667. The predicted octanol–water partition coefficient (Wildman–Crippen LogP) is 3.16. The molecular formula is C21H29N3O3S. The second-order valence-electron chi connectivity index (χ2n) is 9.48. The zero-order chi connectivity index (χ0) is 20.1. The Balaban J connectivity index is 1.40. The van der Waals surface area contributed by atoms with Crippen LogP contribution in [0.1, 0.15) is 56.9 Å². The molecule has 7 heteroatoms. The lowest BCUT2D eigenvalue weighted by Gasteiger charge is -2.40. The maximum absolute atomic E-state index is 13.1. The van der Waals surface area contributed by atoms with Crippen molar-refractivity contribution in [2.24, 2.45) is 11.3 Å². The zero-order valence-electron chi connectivity index (χ0n) is 16.9. The van der Waals surface area contributed by atoms with Crippen LogP contribution >= 0.6 is 11.3 Å². The number of nitrogens with one attached hydrogen (secondary N) is 1. The highest BCUT2D eigenvalue weighted by Gasteiger charge is 2.53. The predicted molar refractivity (Wildman–Crippen MR) is 108 cm³/mol. The summed E-state index contributed by atoms with van der Waals surface area (Å²) in [4.78, 5) is 42.7. The van der Waals surface area contributed by atoms with Gasteiger partial charge in [-0.1, -0.05) is 20.8 Å². The van der Waals surface area contributed by atoms with Crippen LogP contribution < -0.4 is 5.32 Å². The molecular weight excluding hydrogens is 374 g/mol. The number of nitrogens with zero attached hydrogens (tertiary/aromatic N) is 2. The average Bonchev–Trinajstić information content (AvgIpc) is 3.19. The number of carbonyl (C=O) groups is 3. The van der Waals surface area contributed by atoms with Gasteiger partial charge >= 0.3 is 6.03 Å². The number of rotatable bonds is 2. The number of amides is 4. The van der Waals surface area contributed by atoms with Crippen LogP contribution in [0.4, 0.5) is 4.79 Å². The normalized spacial score (nSPS) is 27.9. The van der Waals surface area contributed by atoms with Crippen LogP contribution in [0.5, 0.6) is 0 Å². The molecule has 3 heterocycles. The Bertz CT molecular complexity index is 802. The molecule has 1 spiro atoms. The molecule has 28 heavy (non-hydrogen) atoms. The van der Waals surface area contributed by atoms with Crippen LogP contribution in [0.15, 0.2) is 11.4 Å². The van der Waals surface area contributed by atoms with E-state index in [9.17, 15) is 14.4 Å². The lowest BCUT2D eigenvalue weighted by molar-refractivity contribution is -0.140. The molecule has 1 N–H and O–H groups in total. The van der Waals surface area contributed by atoms with E-state index in [1.807, 2.05) is 5.38 Å². The smallest absolute Gasteiger partial charge is 0.325 e. The van der Waals surface area contributed by atoms with Gasteiger partial charge in [-0.3, -0.25) is 14.5 Å². The first-order valence-electron chi connectivity index (χ1n) is 10.2. The highest BCUT2D eigenvalue weighted by atomic mass is 32.1. The Kier molecular flexibility index (Phi) is 4.76. The van der Waals surface area contributed by atoms with Gasteiger partial charge in [0.05, 0.1) is 0 Å². The van der Waals surface area contributed by atoms with Gasteiger partial charge in [-0.05, 0) is 60.4 Å². The van der Waals surface area contributed by atoms with Crippen LogP contribution in [0.3, 0.4) is 0 Å². The minimum Gasteiger partial charge on any atom is -0.336 e. The van der Waals surface area contributed by atoms with Crippen molar-refractivity contribution in [2.45, 2.75) is 65.0 Å². The third kappa shape index (κ3) is 3.34. The van der Waals surface area contributed by atoms with Gasteiger partial charge < -0.3 is 10.2 Å². The first-order valence-corrected chi connectivity index (χ1v) is 11.0. The minimum atomic E-state index is -0.804. The maximum atomic E-state index is 13.1. The number of thiophene rings is 1. The summed E-state index contributed by atoms with van der Waals surface area (Å²) in [6.07, 6.45) is 4.00. The van der Waals surface area contributed by atoms with Gasteiger partial charge in [0.2, 0.25) is 5.91 Å². The molecule has 0 unspecified atom stereocenters. The average molecular weight is 404 g/mol. The van der Waals surface area contributed by atoms with E-state index in [1.165, 1.54) is 10.4 Å². The third-order valence-corrected chi connectivity index (χ3v) is 7.79. The first-order chi connectivity index (χ1) is 13.2. The molecule has 3 aliphatic rings. The molecule has 2 fully saturated rings. The monoisotopic (exact) mass is 403 g/mol. The number of imide groups is 1. The summed E-state index contributed by atoms with van der Waals surface area (Å²) in [5.74, 6) is 0.180. The summed E-state index contributed by atoms with van der Waals surface area (Å²) in [6, 6.07) is 1.64. The molecule has 0 bridgehead atoms. The second-order valence-corrected chi connectivity index (χ2v) is 10.5.